The predicted molar refractivity (Wildman–Crippen MR) is 124 cm³/mol. The number of piperidine rings is 1. The van der Waals surface area contributed by atoms with E-state index in [9.17, 15) is 9.59 Å². The highest BCUT2D eigenvalue weighted by molar-refractivity contribution is 5.98. The first-order chi connectivity index (χ1) is 16.0. The molecule has 0 aliphatic carbocycles. The zero-order valence-corrected chi connectivity index (χ0v) is 18.3. The van der Waals surface area contributed by atoms with E-state index >= 15 is 0 Å². The molecule has 0 unspecified atom stereocenters. The molecule has 3 heterocycles. The fourth-order valence-corrected chi connectivity index (χ4v) is 4.48. The van der Waals surface area contributed by atoms with Crippen LogP contribution in [0.1, 0.15) is 41.7 Å². The number of benzene rings is 2. The van der Waals surface area contributed by atoms with E-state index in [1.54, 1.807) is 11.4 Å². The van der Waals surface area contributed by atoms with Crippen LogP contribution in [0.15, 0.2) is 60.8 Å². The number of aromatic amines is 1. The highest BCUT2D eigenvalue weighted by Crippen LogP contribution is 2.34. The minimum absolute atomic E-state index is 0.103. The van der Waals surface area contributed by atoms with Crippen LogP contribution in [0, 0.1) is 0 Å². The summed E-state index contributed by atoms with van der Waals surface area (Å²) in [5, 5.41) is 3.15. The van der Waals surface area contributed by atoms with E-state index in [-0.39, 0.29) is 11.8 Å². The number of nitrogens with zero attached hydrogens (tertiary/aromatic N) is 3. The van der Waals surface area contributed by atoms with Crippen molar-refractivity contribution < 1.29 is 14.3 Å². The molecule has 0 spiro atoms. The molecule has 2 amide bonds. The van der Waals surface area contributed by atoms with Gasteiger partial charge in [0.2, 0.25) is 5.91 Å². The van der Waals surface area contributed by atoms with Gasteiger partial charge in [0.25, 0.3) is 5.91 Å². The van der Waals surface area contributed by atoms with Crippen molar-refractivity contribution in [1.82, 2.24) is 19.5 Å². The number of nitrogens with two attached hydrogens (primary N) is 1. The van der Waals surface area contributed by atoms with Crippen LogP contribution in [0.5, 0.6) is 11.5 Å². The number of fused-ring (bicyclic) bond motifs is 1. The number of H-pyrrole nitrogens is 1. The second-order valence-corrected chi connectivity index (χ2v) is 8.28. The quantitative estimate of drug-likeness (QED) is 0.487. The SMILES string of the molecule is CC(=O)N1CCC(c2c[nH]n3c(C(N)=O)c(-c4ccc(Oc5ccccc5)cc4)nc23)CC1. The maximum absolute atomic E-state index is 12.4. The molecule has 1 fully saturated rings. The largest absolute Gasteiger partial charge is 0.457 e. The summed E-state index contributed by atoms with van der Waals surface area (Å²) >= 11 is 0. The summed E-state index contributed by atoms with van der Waals surface area (Å²) in [6, 6.07) is 17.0. The molecule has 168 valence electrons. The molecule has 8 heteroatoms. The lowest BCUT2D eigenvalue weighted by Gasteiger charge is -2.30. The van der Waals surface area contributed by atoms with Crippen LogP contribution in [-0.4, -0.2) is 44.4 Å². The average molecular weight is 444 g/mol. The van der Waals surface area contributed by atoms with Gasteiger partial charge >= 0.3 is 0 Å². The highest BCUT2D eigenvalue weighted by Gasteiger charge is 2.28. The molecule has 1 aliphatic heterocycles. The Labute approximate surface area is 191 Å². The first kappa shape index (κ1) is 20.8. The summed E-state index contributed by atoms with van der Waals surface area (Å²) in [5.41, 5.74) is 9.10. The second-order valence-electron chi connectivity index (χ2n) is 8.28. The minimum Gasteiger partial charge on any atom is -0.457 e. The molecule has 0 saturated carbocycles. The Morgan fingerprint density at radius 1 is 1.03 bits per heavy atom. The van der Waals surface area contributed by atoms with Crippen LogP contribution in [-0.2, 0) is 4.79 Å². The minimum atomic E-state index is -0.554. The zero-order valence-electron chi connectivity index (χ0n) is 18.3. The number of imidazole rings is 1. The summed E-state index contributed by atoms with van der Waals surface area (Å²) in [4.78, 5) is 30.7. The van der Waals surface area contributed by atoms with Crippen molar-refractivity contribution in [2.24, 2.45) is 5.73 Å². The average Bonchev–Trinajstić information content (AvgIpc) is 3.40. The van der Waals surface area contributed by atoms with Gasteiger partial charge in [-0.1, -0.05) is 18.2 Å². The van der Waals surface area contributed by atoms with E-state index in [1.807, 2.05) is 65.7 Å². The smallest absolute Gasteiger partial charge is 0.269 e. The maximum Gasteiger partial charge on any atom is 0.269 e. The summed E-state index contributed by atoms with van der Waals surface area (Å²) in [6.45, 7) is 3.04. The molecule has 1 saturated heterocycles. The van der Waals surface area contributed by atoms with E-state index in [4.69, 9.17) is 15.5 Å². The van der Waals surface area contributed by atoms with Gasteiger partial charge in [-0.25, -0.2) is 9.50 Å². The number of hydrogen-bond acceptors (Lipinski definition) is 4. The second kappa shape index (κ2) is 8.46. The Bertz CT molecular complexity index is 1300. The van der Waals surface area contributed by atoms with Crippen LogP contribution in [0.2, 0.25) is 0 Å². The third-order valence-corrected chi connectivity index (χ3v) is 6.20. The number of ether oxygens (including phenoxy) is 1. The van der Waals surface area contributed by atoms with Gasteiger partial charge in [-0.05, 0) is 55.2 Å². The molecule has 4 aromatic rings. The maximum atomic E-state index is 12.4. The van der Waals surface area contributed by atoms with Crippen LogP contribution < -0.4 is 10.5 Å². The van der Waals surface area contributed by atoms with Crippen LogP contribution in [0.3, 0.4) is 0 Å². The Hall–Kier alpha value is -4.07. The topological polar surface area (TPSA) is 106 Å². The standard InChI is InChI=1S/C25H25N5O3/c1-16(31)29-13-11-17(12-14-29)21-15-27-30-23(24(26)32)22(28-25(21)30)18-7-9-20(10-8-18)33-19-5-3-2-4-6-19/h2-10,15,17,27H,11-14H2,1H3,(H2,26,32). The van der Waals surface area contributed by atoms with Gasteiger partial charge in [0.1, 0.15) is 17.2 Å². The molecule has 0 atom stereocenters. The van der Waals surface area contributed by atoms with E-state index < -0.39 is 5.91 Å². The number of carbonyl (C=O) groups is 2. The number of primary amides is 1. The van der Waals surface area contributed by atoms with Gasteiger partial charge in [0, 0.05) is 37.3 Å². The first-order valence-corrected chi connectivity index (χ1v) is 11.0. The van der Waals surface area contributed by atoms with Gasteiger partial charge in [-0.2, -0.15) is 0 Å². The predicted octanol–water partition coefficient (Wildman–Crippen LogP) is 3.95. The van der Waals surface area contributed by atoms with Crippen LogP contribution >= 0.6 is 0 Å². The molecule has 33 heavy (non-hydrogen) atoms. The molecular weight excluding hydrogens is 418 g/mol. The molecule has 5 rings (SSSR count). The monoisotopic (exact) mass is 443 g/mol. The van der Waals surface area contributed by atoms with Crippen molar-refractivity contribution in [3.63, 3.8) is 0 Å². The summed E-state index contributed by atoms with van der Waals surface area (Å²) < 4.78 is 7.53. The van der Waals surface area contributed by atoms with Gasteiger partial charge in [0.05, 0.1) is 0 Å². The number of carbonyl (C=O) groups excluding carboxylic acids is 2. The fraction of sp³-hybridized carbons (Fsp3) is 0.240. The number of likely N-dealkylation sites (tertiary alicyclic amines) is 1. The first-order valence-electron chi connectivity index (χ1n) is 11.0. The molecule has 0 radical (unpaired) electrons. The third kappa shape index (κ3) is 3.95. The van der Waals surface area contributed by atoms with Crippen molar-refractivity contribution in [3.8, 4) is 22.8 Å². The summed E-state index contributed by atoms with van der Waals surface area (Å²) in [7, 11) is 0. The number of amides is 2. The van der Waals surface area contributed by atoms with Gasteiger partial charge in [0.15, 0.2) is 11.3 Å². The third-order valence-electron chi connectivity index (χ3n) is 6.20. The van der Waals surface area contributed by atoms with E-state index in [0.717, 1.165) is 42.8 Å². The van der Waals surface area contributed by atoms with E-state index in [0.29, 0.717) is 22.8 Å². The lowest BCUT2D eigenvalue weighted by molar-refractivity contribution is -0.129. The fourth-order valence-electron chi connectivity index (χ4n) is 4.48. The number of para-hydroxylation sites is 1. The highest BCUT2D eigenvalue weighted by atomic mass is 16.5. The normalized spacial score (nSPS) is 14.5. The Balaban J connectivity index is 1.45. The summed E-state index contributed by atoms with van der Waals surface area (Å²) in [5.74, 6) is 1.24. The molecule has 2 aromatic heterocycles. The molecule has 3 N–H and O–H groups in total. The molecule has 8 nitrogen and oxygen atoms in total. The van der Waals surface area contributed by atoms with Gasteiger partial charge in [-0.3, -0.25) is 14.7 Å². The van der Waals surface area contributed by atoms with Crippen molar-refractivity contribution in [2.75, 3.05) is 13.1 Å². The lowest BCUT2D eigenvalue weighted by Crippen LogP contribution is -2.36. The molecule has 2 aromatic carbocycles. The zero-order chi connectivity index (χ0) is 22.9. The number of hydrogen-bond donors (Lipinski definition) is 2. The van der Waals surface area contributed by atoms with Crippen molar-refractivity contribution in [2.45, 2.75) is 25.7 Å². The van der Waals surface area contributed by atoms with Crippen molar-refractivity contribution in [3.05, 3.63) is 72.1 Å². The van der Waals surface area contributed by atoms with E-state index in [1.165, 1.54) is 0 Å². The molecular formula is C25H25N5O3. The van der Waals surface area contributed by atoms with Gasteiger partial charge < -0.3 is 15.4 Å². The molecule has 0 bridgehead atoms. The lowest BCUT2D eigenvalue weighted by atomic mass is 9.91. The number of aromatic nitrogens is 3. The Morgan fingerprint density at radius 3 is 2.33 bits per heavy atom. The number of nitrogens with one attached hydrogen (secondary N) is 1. The summed E-state index contributed by atoms with van der Waals surface area (Å²) in [6.07, 6.45) is 3.60. The van der Waals surface area contributed by atoms with Crippen molar-refractivity contribution in [1.29, 1.82) is 0 Å². The van der Waals surface area contributed by atoms with Crippen LogP contribution in [0.25, 0.3) is 16.9 Å². The number of rotatable bonds is 5. The van der Waals surface area contributed by atoms with E-state index in [2.05, 4.69) is 5.10 Å². The Kier molecular flexibility index (Phi) is 5.34. The van der Waals surface area contributed by atoms with Crippen LogP contribution in [0.4, 0.5) is 0 Å². The Morgan fingerprint density at radius 2 is 1.70 bits per heavy atom. The van der Waals surface area contributed by atoms with Gasteiger partial charge in [-0.15, -0.1) is 0 Å². The molecule has 1 aliphatic rings. The van der Waals surface area contributed by atoms with Crippen molar-refractivity contribution >= 4 is 17.5 Å².